The average Bonchev–Trinajstić information content (AvgIpc) is 3.33. The number of aromatic nitrogens is 3. The number of ether oxygens (including phenoxy) is 1. The van der Waals surface area contributed by atoms with Gasteiger partial charge in [0.15, 0.2) is 0 Å². The number of anilines is 1. The van der Waals surface area contributed by atoms with E-state index < -0.39 is 0 Å². The molecule has 2 aromatic carbocycles. The molecule has 0 unspecified atom stereocenters. The summed E-state index contributed by atoms with van der Waals surface area (Å²) in [7, 11) is 0. The molecule has 1 N–H and O–H groups in total. The van der Waals surface area contributed by atoms with Crippen LogP contribution in [0.2, 0.25) is 0 Å². The van der Waals surface area contributed by atoms with Crippen LogP contribution in [-0.2, 0) is 11.3 Å². The van der Waals surface area contributed by atoms with Gasteiger partial charge in [0, 0.05) is 55.1 Å². The molecule has 4 aromatic rings. The van der Waals surface area contributed by atoms with Crippen molar-refractivity contribution >= 4 is 34.3 Å². The highest BCUT2D eigenvalue weighted by atomic mass is 16.5. The topological polar surface area (TPSA) is 110 Å². The van der Waals surface area contributed by atoms with Crippen LogP contribution in [0, 0.1) is 6.92 Å². The number of amides is 3. The van der Waals surface area contributed by atoms with Gasteiger partial charge < -0.3 is 19.9 Å². The van der Waals surface area contributed by atoms with E-state index in [-0.39, 0.29) is 30.4 Å². The van der Waals surface area contributed by atoms with Crippen molar-refractivity contribution in [3.63, 3.8) is 0 Å². The molecule has 10 nitrogen and oxygen atoms in total. The third-order valence-electron chi connectivity index (χ3n) is 6.62. The van der Waals surface area contributed by atoms with Crippen LogP contribution in [0.3, 0.4) is 0 Å². The number of hydrogen-bond donors (Lipinski definition) is 1. The molecule has 0 spiro atoms. The van der Waals surface area contributed by atoms with E-state index in [9.17, 15) is 14.4 Å². The lowest BCUT2D eigenvalue weighted by Gasteiger charge is -2.34. The number of piperazine rings is 1. The Bertz CT molecular complexity index is 1540. The maximum Gasteiger partial charge on any atom is 0.274 e. The molecular formula is C30H32N6O4. The van der Waals surface area contributed by atoms with Crippen LogP contribution in [0.4, 0.5) is 5.69 Å². The van der Waals surface area contributed by atoms with Gasteiger partial charge in [-0.1, -0.05) is 24.3 Å². The fourth-order valence-corrected chi connectivity index (χ4v) is 4.65. The SMILES string of the molecule is Cc1cccc(C(=O)Nc2cc3cn(CC(=O)N4CCN(C(=O)c5ccccc5)CC4)nc3cc2OC(C)C)n1. The summed E-state index contributed by atoms with van der Waals surface area (Å²) in [4.78, 5) is 46.5. The van der Waals surface area contributed by atoms with Crippen LogP contribution >= 0.6 is 0 Å². The number of hydrogen-bond acceptors (Lipinski definition) is 6. The van der Waals surface area contributed by atoms with Crippen molar-refractivity contribution in [3.8, 4) is 5.75 Å². The van der Waals surface area contributed by atoms with E-state index in [1.807, 2.05) is 45.0 Å². The van der Waals surface area contributed by atoms with Crippen LogP contribution in [0.1, 0.15) is 40.4 Å². The predicted molar refractivity (Wildman–Crippen MR) is 151 cm³/mol. The van der Waals surface area contributed by atoms with Crippen molar-refractivity contribution in [3.05, 3.63) is 83.8 Å². The Labute approximate surface area is 232 Å². The average molecular weight is 541 g/mol. The number of rotatable bonds is 7. The molecule has 3 amide bonds. The van der Waals surface area contributed by atoms with E-state index in [0.717, 1.165) is 11.1 Å². The summed E-state index contributed by atoms with van der Waals surface area (Å²) in [5.74, 6) is 0.0484. The minimum absolute atomic E-state index is 0.0217. The molecule has 0 saturated carbocycles. The third kappa shape index (κ3) is 6.12. The lowest BCUT2D eigenvalue weighted by molar-refractivity contribution is -0.133. The first-order valence-corrected chi connectivity index (χ1v) is 13.3. The first-order chi connectivity index (χ1) is 19.3. The Kier molecular flexibility index (Phi) is 7.77. The third-order valence-corrected chi connectivity index (χ3v) is 6.62. The first kappa shape index (κ1) is 26.9. The first-order valence-electron chi connectivity index (χ1n) is 13.3. The number of nitrogens with one attached hydrogen (secondary N) is 1. The van der Waals surface area contributed by atoms with Crippen LogP contribution in [-0.4, -0.2) is 74.6 Å². The van der Waals surface area contributed by atoms with Gasteiger partial charge in [0.2, 0.25) is 5.91 Å². The van der Waals surface area contributed by atoms with Gasteiger partial charge in [-0.2, -0.15) is 5.10 Å². The van der Waals surface area contributed by atoms with Gasteiger partial charge in [-0.3, -0.25) is 19.1 Å². The second-order valence-electron chi connectivity index (χ2n) is 10.1. The van der Waals surface area contributed by atoms with Gasteiger partial charge in [0.1, 0.15) is 18.0 Å². The van der Waals surface area contributed by atoms with E-state index in [0.29, 0.717) is 54.4 Å². The lowest BCUT2D eigenvalue weighted by atomic mass is 10.2. The summed E-state index contributed by atoms with van der Waals surface area (Å²) in [5, 5.41) is 8.25. The summed E-state index contributed by atoms with van der Waals surface area (Å²) >= 11 is 0. The van der Waals surface area contributed by atoms with E-state index in [2.05, 4.69) is 15.4 Å². The highest BCUT2D eigenvalue weighted by molar-refractivity contribution is 6.05. The number of nitrogens with zero attached hydrogens (tertiary/aromatic N) is 5. The summed E-state index contributed by atoms with van der Waals surface area (Å²) in [6.45, 7) is 7.60. The molecule has 1 aliphatic heterocycles. The maximum absolute atomic E-state index is 13.1. The zero-order chi connectivity index (χ0) is 28.2. The monoisotopic (exact) mass is 540 g/mol. The standard InChI is InChI=1S/C30H32N6O4/c1-20(2)40-27-17-25-23(16-26(27)32-29(38)24-11-7-8-21(3)31-24)18-36(33-25)19-28(37)34-12-14-35(15-13-34)30(39)22-9-5-4-6-10-22/h4-11,16-18,20H,12-15,19H2,1-3H3,(H,32,38). The fourth-order valence-electron chi connectivity index (χ4n) is 4.65. The molecular weight excluding hydrogens is 508 g/mol. The van der Waals surface area contributed by atoms with Gasteiger partial charge >= 0.3 is 0 Å². The van der Waals surface area contributed by atoms with Crippen LogP contribution in [0.15, 0.2) is 66.9 Å². The Morgan fingerprint density at radius 2 is 1.68 bits per heavy atom. The number of carbonyl (C=O) groups excluding carboxylic acids is 3. The Hall–Kier alpha value is -4.73. The Balaban J connectivity index is 1.27. The molecule has 0 atom stereocenters. The number of benzene rings is 2. The molecule has 2 aromatic heterocycles. The van der Waals surface area contributed by atoms with Crippen LogP contribution in [0.25, 0.3) is 10.9 Å². The molecule has 40 heavy (non-hydrogen) atoms. The Morgan fingerprint density at radius 1 is 0.950 bits per heavy atom. The molecule has 1 aliphatic rings. The Morgan fingerprint density at radius 3 is 2.38 bits per heavy atom. The van der Waals surface area contributed by atoms with Crippen molar-refractivity contribution in [2.24, 2.45) is 0 Å². The summed E-state index contributed by atoms with van der Waals surface area (Å²) in [5.41, 5.74) is 2.85. The van der Waals surface area contributed by atoms with Crippen LogP contribution in [0.5, 0.6) is 5.75 Å². The van der Waals surface area contributed by atoms with Gasteiger partial charge in [-0.25, -0.2) is 4.98 Å². The molecule has 5 rings (SSSR count). The largest absolute Gasteiger partial charge is 0.489 e. The number of carbonyl (C=O) groups is 3. The molecule has 10 heteroatoms. The predicted octanol–water partition coefficient (Wildman–Crippen LogP) is 3.76. The molecule has 0 aliphatic carbocycles. The zero-order valence-electron chi connectivity index (χ0n) is 22.8. The second kappa shape index (κ2) is 11.6. The van der Waals surface area contributed by atoms with Crippen molar-refractivity contribution in [1.29, 1.82) is 0 Å². The minimum Gasteiger partial charge on any atom is -0.489 e. The highest BCUT2D eigenvalue weighted by Crippen LogP contribution is 2.31. The summed E-state index contributed by atoms with van der Waals surface area (Å²) in [6.07, 6.45) is 1.66. The van der Waals surface area contributed by atoms with E-state index in [1.54, 1.807) is 57.1 Å². The van der Waals surface area contributed by atoms with Crippen molar-refractivity contribution in [2.75, 3.05) is 31.5 Å². The van der Waals surface area contributed by atoms with Crippen molar-refractivity contribution in [2.45, 2.75) is 33.4 Å². The van der Waals surface area contributed by atoms with Gasteiger partial charge in [-0.05, 0) is 51.1 Å². The van der Waals surface area contributed by atoms with Gasteiger partial charge in [0.25, 0.3) is 11.8 Å². The van der Waals surface area contributed by atoms with Crippen LogP contribution < -0.4 is 10.1 Å². The zero-order valence-corrected chi connectivity index (χ0v) is 22.8. The summed E-state index contributed by atoms with van der Waals surface area (Å²) < 4.78 is 7.57. The number of fused-ring (bicyclic) bond motifs is 1. The molecule has 1 fully saturated rings. The summed E-state index contributed by atoms with van der Waals surface area (Å²) in [6, 6.07) is 18.0. The molecule has 1 saturated heterocycles. The quantitative estimate of drug-likeness (QED) is 0.382. The molecule has 0 radical (unpaired) electrons. The smallest absolute Gasteiger partial charge is 0.274 e. The van der Waals surface area contributed by atoms with E-state index in [1.165, 1.54) is 0 Å². The fraction of sp³-hybridized carbons (Fsp3) is 0.300. The van der Waals surface area contributed by atoms with Crippen molar-refractivity contribution in [1.82, 2.24) is 24.6 Å². The van der Waals surface area contributed by atoms with E-state index in [4.69, 9.17) is 4.74 Å². The number of pyridine rings is 1. The van der Waals surface area contributed by atoms with Gasteiger partial charge in [0.05, 0.1) is 17.3 Å². The lowest BCUT2D eigenvalue weighted by Crippen LogP contribution is -2.51. The van der Waals surface area contributed by atoms with Crippen molar-refractivity contribution < 1.29 is 19.1 Å². The normalized spacial score (nSPS) is 13.5. The molecule has 3 heterocycles. The highest BCUT2D eigenvalue weighted by Gasteiger charge is 2.25. The van der Waals surface area contributed by atoms with E-state index >= 15 is 0 Å². The molecule has 206 valence electrons. The molecule has 0 bridgehead atoms. The van der Waals surface area contributed by atoms with Gasteiger partial charge in [-0.15, -0.1) is 0 Å². The minimum atomic E-state index is -0.343. The maximum atomic E-state index is 13.1. The second-order valence-corrected chi connectivity index (χ2v) is 10.1. The number of aryl methyl sites for hydroxylation is 1.